The van der Waals surface area contributed by atoms with Gasteiger partial charge in [0.1, 0.15) is 0 Å². The number of nitrogen functional groups attached to an aromatic ring is 3. The Morgan fingerprint density at radius 1 is 0.429 bits per heavy atom. The van der Waals surface area contributed by atoms with Crippen molar-refractivity contribution in [1.29, 1.82) is 0 Å². The van der Waals surface area contributed by atoms with Gasteiger partial charge in [-0.2, -0.15) is 0 Å². The summed E-state index contributed by atoms with van der Waals surface area (Å²) >= 11 is 0. The molecule has 3 aromatic rings. The summed E-state index contributed by atoms with van der Waals surface area (Å²) < 4.78 is 0. The van der Waals surface area contributed by atoms with Gasteiger partial charge in [0.15, 0.2) is 0 Å². The molecule has 4 heteroatoms. The molecular formula is C24H30BN3. The van der Waals surface area contributed by atoms with Crippen molar-refractivity contribution in [2.45, 2.75) is 41.5 Å². The highest BCUT2D eigenvalue weighted by Crippen LogP contribution is 2.17. The van der Waals surface area contributed by atoms with E-state index in [-0.39, 0.29) is 6.71 Å². The molecule has 0 aromatic heterocycles. The quantitative estimate of drug-likeness (QED) is 0.489. The monoisotopic (exact) mass is 371 g/mol. The molecule has 0 heterocycles. The van der Waals surface area contributed by atoms with Crippen LogP contribution in [0.15, 0.2) is 36.4 Å². The molecular weight excluding hydrogens is 341 g/mol. The molecule has 0 aliphatic heterocycles. The van der Waals surface area contributed by atoms with Crippen LogP contribution in [0.5, 0.6) is 0 Å². The van der Waals surface area contributed by atoms with Crippen molar-refractivity contribution in [2.75, 3.05) is 17.2 Å². The Labute approximate surface area is 169 Å². The van der Waals surface area contributed by atoms with Crippen LogP contribution in [0.1, 0.15) is 33.4 Å². The Kier molecular flexibility index (Phi) is 5.16. The second-order valence-corrected chi connectivity index (χ2v) is 8.14. The van der Waals surface area contributed by atoms with Gasteiger partial charge in [0.05, 0.1) is 0 Å². The molecule has 0 fully saturated rings. The minimum absolute atomic E-state index is 0.0989. The molecule has 3 rings (SSSR count). The van der Waals surface area contributed by atoms with Crippen LogP contribution < -0.4 is 33.6 Å². The van der Waals surface area contributed by atoms with Gasteiger partial charge < -0.3 is 17.2 Å². The SMILES string of the molecule is Cc1cc(N)cc(C)c1B(c1c(C)cc(N)cc1C)c1c(C)cc(N)cc1C. The summed E-state index contributed by atoms with van der Waals surface area (Å²) in [5, 5.41) is 0. The molecule has 144 valence electrons. The van der Waals surface area contributed by atoms with E-state index in [9.17, 15) is 0 Å². The number of rotatable bonds is 3. The molecule has 0 radical (unpaired) electrons. The van der Waals surface area contributed by atoms with Gasteiger partial charge in [0, 0.05) is 17.1 Å². The van der Waals surface area contributed by atoms with Crippen LogP contribution in [0.2, 0.25) is 0 Å². The normalized spacial score (nSPS) is 10.9. The molecule has 6 N–H and O–H groups in total. The minimum Gasteiger partial charge on any atom is -0.399 e. The Balaban J connectivity index is 2.45. The maximum atomic E-state index is 6.13. The Morgan fingerprint density at radius 3 is 0.786 bits per heavy atom. The van der Waals surface area contributed by atoms with E-state index in [1.165, 1.54) is 49.8 Å². The van der Waals surface area contributed by atoms with E-state index in [0.29, 0.717) is 0 Å². The largest absolute Gasteiger partial charge is 0.399 e. The van der Waals surface area contributed by atoms with E-state index < -0.39 is 0 Å². The van der Waals surface area contributed by atoms with Crippen molar-refractivity contribution in [3.63, 3.8) is 0 Å². The maximum Gasteiger partial charge on any atom is 0.243 e. The summed E-state index contributed by atoms with van der Waals surface area (Å²) in [6, 6.07) is 12.4. The summed E-state index contributed by atoms with van der Waals surface area (Å²) in [6.45, 7) is 13.0. The Morgan fingerprint density at radius 2 is 0.607 bits per heavy atom. The van der Waals surface area contributed by atoms with Crippen molar-refractivity contribution in [3.8, 4) is 0 Å². The number of nitrogens with two attached hydrogens (primary N) is 3. The minimum atomic E-state index is 0.0989. The first-order valence-corrected chi connectivity index (χ1v) is 9.70. The smallest absolute Gasteiger partial charge is 0.243 e. The van der Waals surface area contributed by atoms with Crippen LogP contribution in [0.25, 0.3) is 0 Å². The average Bonchev–Trinajstić information content (AvgIpc) is 2.51. The van der Waals surface area contributed by atoms with Gasteiger partial charge in [-0.05, 0) is 77.9 Å². The van der Waals surface area contributed by atoms with Crippen LogP contribution >= 0.6 is 0 Å². The van der Waals surface area contributed by atoms with E-state index in [0.717, 1.165) is 17.1 Å². The molecule has 0 bridgehead atoms. The average molecular weight is 371 g/mol. The lowest BCUT2D eigenvalue weighted by Gasteiger charge is -2.27. The standard InChI is InChI=1S/C24H30BN3/c1-13-7-19(26)8-14(2)22(13)25(23-15(3)9-20(27)10-16(23)4)24-17(5)11-21(28)12-18(24)6/h7-12H,26-28H2,1-6H3. The third kappa shape index (κ3) is 3.47. The molecule has 0 unspecified atom stereocenters. The molecule has 0 atom stereocenters. The topological polar surface area (TPSA) is 78.1 Å². The summed E-state index contributed by atoms with van der Waals surface area (Å²) in [5.41, 5.74) is 31.9. The van der Waals surface area contributed by atoms with Crippen molar-refractivity contribution < 1.29 is 0 Å². The van der Waals surface area contributed by atoms with Gasteiger partial charge in [-0.1, -0.05) is 49.8 Å². The Bertz CT molecular complexity index is 864. The van der Waals surface area contributed by atoms with Crippen molar-refractivity contribution in [3.05, 3.63) is 69.8 Å². The van der Waals surface area contributed by atoms with E-state index in [2.05, 4.69) is 77.9 Å². The van der Waals surface area contributed by atoms with Crippen molar-refractivity contribution >= 4 is 40.2 Å². The van der Waals surface area contributed by atoms with Gasteiger partial charge in [0.25, 0.3) is 0 Å². The second kappa shape index (κ2) is 7.27. The third-order valence-electron chi connectivity index (χ3n) is 5.71. The fourth-order valence-electron chi connectivity index (χ4n) is 4.82. The summed E-state index contributed by atoms with van der Waals surface area (Å²) in [7, 11) is 0. The zero-order valence-electron chi connectivity index (χ0n) is 17.8. The maximum absolute atomic E-state index is 6.13. The van der Waals surface area contributed by atoms with Crippen molar-refractivity contribution in [1.82, 2.24) is 0 Å². The Hall–Kier alpha value is -2.88. The molecule has 0 saturated heterocycles. The number of benzene rings is 3. The van der Waals surface area contributed by atoms with E-state index in [4.69, 9.17) is 17.2 Å². The predicted octanol–water partition coefficient (Wildman–Crippen LogP) is 2.80. The molecule has 0 spiro atoms. The number of aryl methyl sites for hydroxylation is 6. The lowest BCUT2D eigenvalue weighted by Crippen LogP contribution is -2.57. The number of hydrogen-bond acceptors (Lipinski definition) is 3. The molecule has 28 heavy (non-hydrogen) atoms. The lowest BCUT2D eigenvalue weighted by molar-refractivity contribution is 1.39. The molecule has 0 aliphatic rings. The van der Waals surface area contributed by atoms with Crippen LogP contribution in [0.3, 0.4) is 0 Å². The van der Waals surface area contributed by atoms with Gasteiger partial charge in [0.2, 0.25) is 6.71 Å². The van der Waals surface area contributed by atoms with Crippen LogP contribution in [-0.4, -0.2) is 6.71 Å². The van der Waals surface area contributed by atoms with E-state index in [1.54, 1.807) is 0 Å². The summed E-state index contributed by atoms with van der Waals surface area (Å²) in [6.07, 6.45) is 0. The van der Waals surface area contributed by atoms with E-state index in [1.807, 2.05) is 0 Å². The lowest BCUT2D eigenvalue weighted by atomic mass is 9.33. The first kappa shape index (κ1) is 19.9. The fourth-order valence-corrected chi connectivity index (χ4v) is 4.82. The highest BCUT2D eigenvalue weighted by Gasteiger charge is 2.30. The van der Waals surface area contributed by atoms with E-state index >= 15 is 0 Å². The van der Waals surface area contributed by atoms with Gasteiger partial charge in [-0.3, -0.25) is 0 Å². The number of anilines is 3. The highest BCUT2D eigenvalue weighted by molar-refractivity contribution is 6.97. The van der Waals surface area contributed by atoms with Crippen LogP contribution in [0, 0.1) is 41.5 Å². The molecule has 0 amide bonds. The zero-order valence-corrected chi connectivity index (χ0v) is 17.8. The summed E-state index contributed by atoms with van der Waals surface area (Å²) in [4.78, 5) is 0. The first-order valence-electron chi connectivity index (χ1n) is 9.70. The van der Waals surface area contributed by atoms with Gasteiger partial charge in [-0.15, -0.1) is 0 Å². The van der Waals surface area contributed by atoms with Crippen LogP contribution in [-0.2, 0) is 0 Å². The predicted molar refractivity (Wildman–Crippen MR) is 126 cm³/mol. The second-order valence-electron chi connectivity index (χ2n) is 8.14. The van der Waals surface area contributed by atoms with Crippen LogP contribution in [0.4, 0.5) is 17.1 Å². The molecule has 0 saturated carbocycles. The third-order valence-corrected chi connectivity index (χ3v) is 5.71. The fraction of sp³-hybridized carbons (Fsp3) is 0.250. The van der Waals surface area contributed by atoms with Gasteiger partial charge in [-0.25, -0.2) is 0 Å². The highest BCUT2D eigenvalue weighted by atomic mass is 14.6. The molecule has 0 aliphatic carbocycles. The number of hydrogen-bond donors (Lipinski definition) is 3. The first-order chi connectivity index (χ1) is 13.1. The molecule has 3 aromatic carbocycles. The summed E-state index contributed by atoms with van der Waals surface area (Å²) in [5.74, 6) is 0. The van der Waals surface area contributed by atoms with Crippen molar-refractivity contribution in [2.24, 2.45) is 0 Å². The zero-order chi connectivity index (χ0) is 20.7. The molecule has 3 nitrogen and oxygen atoms in total. The van der Waals surface area contributed by atoms with Gasteiger partial charge >= 0.3 is 0 Å².